The zero-order valence-electron chi connectivity index (χ0n) is 90.7. The summed E-state index contributed by atoms with van der Waals surface area (Å²) < 4.78 is 40.5. The topological polar surface area (TPSA) is 294 Å². The molecular formula is C123H146F2N16O7. The average Bonchev–Trinajstić information content (AvgIpc) is 1.55. The van der Waals surface area contributed by atoms with Crippen LogP contribution in [0, 0.1) is 90.8 Å². The van der Waals surface area contributed by atoms with E-state index < -0.39 is 29.9 Å². The zero-order chi connectivity index (χ0) is 108. The Morgan fingerprint density at radius 3 is 1.00 bits per heavy atom. The van der Waals surface area contributed by atoms with Crippen LogP contribution in [-0.2, 0) is 58.7 Å². The van der Waals surface area contributed by atoms with E-state index in [-0.39, 0.29) is 71.4 Å². The predicted octanol–water partition coefficient (Wildman–Crippen LogP) is 24.5. The molecule has 1 amide bonds. The summed E-state index contributed by atoms with van der Waals surface area (Å²) in [6, 6.07) is 33.9. The number of aryl methyl sites for hydroxylation is 8. The summed E-state index contributed by atoms with van der Waals surface area (Å²) in [5.74, 6) is -0.620. The van der Waals surface area contributed by atoms with E-state index in [1.807, 2.05) is 64.2 Å². The molecule has 148 heavy (non-hydrogen) atoms. The number of rotatable bonds is 26. The van der Waals surface area contributed by atoms with Gasteiger partial charge >= 0.3 is 0 Å². The standard InChI is InChI=1S/C32H38N4O.C31H38N4O2.C30H34F2N4O3.C30H36N4O/c1-21-27(16-29(37)25-12-8-9-23(15-25)18-33)19-34-31-30(21)28(20-35(31)5)26-13-14-36(32(3,4)17-26)22(2)24-10-6-7-11-24;1-19(2)21(4)35-12-11-23(15-31(35,5)6)26-18-34(7)30-29(26)20(3)25(17-33-30)14-27(36)22-9-10-28(37-8)24(13-22)16-32;1-18-22(12-24(37)20-8-6-7-19(11-20)15-33)16-34-28-27(18)23(17-35(28)5)21-9-10-36(29(2,3)14-21)26(39)13-25(38)30(4,31)32;1-19(2)21(4)34-12-11-24(15-30(34,5)6)26-18-33(7)29-28(26)20(3)25(17-32-29)14-27(35)23-10-8-9-22(13-23)16-31/h8-9,12,15,19-20,24,26H,2,6-7,10-11,13-14,16-17H2,1,3-5H3;9-10,13,17-19,23H,4,11-12,14-15H2,1-3,5-8H3;6-8,11,16-17,21,25,38H,9-10,12-14H2,1-5H3;8-10,13,17-19,24H,4,11-12,14-15H2,1-3,5-7H3/t26-;23-;21-,25-;24-/m1111/s1. The highest BCUT2D eigenvalue weighted by atomic mass is 19.3. The first kappa shape index (κ1) is 110. The Bertz CT molecular complexity index is 7340. The number of nitriles is 4. The van der Waals surface area contributed by atoms with Crippen molar-refractivity contribution in [2.24, 2.45) is 45.9 Å². The molecule has 0 radical (unpaired) electrons. The van der Waals surface area contributed by atoms with Crippen LogP contribution in [0.25, 0.3) is 44.1 Å². The fourth-order valence-electron chi connectivity index (χ4n) is 23.9. The molecule has 1 aliphatic carbocycles. The van der Waals surface area contributed by atoms with E-state index in [2.05, 4.69) is 200 Å². The summed E-state index contributed by atoms with van der Waals surface area (Å²) in [6.07, 6.45) is 27.2. The molecule has 1 N–H and O–H groups in total. The smallest absolute Gasteiger partial charge is 0.271 e. The second kappa shape index (κ2) is 44.6. The van der Waals surface area contributed by atoms with Crippen LogP contribution in [0.5, 0.6) is 5.75 Å². The monoisotopic (exact) mass is 2000 g/mol. The molecule has 5 atom stereocenters. The summed E-state index contributed by atoms with van der Waals surface area (Å²) in [7, 11) is 9.61. The van der Waals surface area contributed by atoms with Gasteiger partial charge in [-0.1, -0.05) is 96.7 Å². The largest absolute Gasteiger partial charge is 0.495 e. The van der Waals surface area contributed by atoms with Crippen molar-refractivity contribution >= 4 is 73.2 Å². The molecular weight excluding hydrogens is 1850 g/mol. The first-order chi connectivity index (χ1) is 69.9. The zero-order valence-corrected chi connectivity index (χ0v) is 90.7. The molecule has 4 saturated heterocycles. The fourth-order valence-corrected chi connectivity index (χ4v) is 23.9. The highest BCUT2D eigenvalue weighted by Gasteiger charge is 2.46. The van der Waals surface area contributed by atoms with Gasteiger partial charge in [0.05, 0.1) is 54.0 Å². The van der Waals surface area contributed by atoms with E-state index >= 15 is 0 Å². The van der Waals surface area contributed by atoms with Crippen LogP contribution < -0.4 is 4.74 Å². The molecule has 23 nitrogen and oxygen atoms in total. The molecule has 12 heterocycles. The third-order valence-corrected chi connectivity index (χ3v) is 32.4. The summed E-state index contributed by atoms with van der Waals surface area (Å²) in [5.41, 5.74) is 23.9. The highest BCUT2D eigenvalue weighted by molar-refractivity contribution is 6.02. The molecule has 25 heteroatoms. The van der Waals surface area contributed by atoms with Crippen molar-refractivity contribution in [1.29, 1.82) is 21.0 Å². The van der Waals surface area contributed by atoms with Gasteiger partial charge in [-0.05, 0) is 310 Å². The van der Waals surface area contributed by atoms with Crippen molar-refractivity contribution < 1.29 is 42.6 Å². The van der Waals surface area contributed by atoms with Crippen LogP contribution in [-0.4, -0.2) is 159 Å². The number of carbonyl (C=O) groups is 5. The Balaban J connectivity index is 0.000000156. The van der Waals surface area contributed by atoms with E-state index in [0.29, 0.717) is 112 Å². The molecule has 4 aromatic carbocycles. The number of aromatic nitrogens is 8. The normalized spacial score (nSPS) is 18.2. The lowest BCUT2D eigenvalue weighted by Crippen LogP contribution is -2.53. The van der Waals surface area contributed by atoms with Crippen LogP contribution in [0.2, 0.25) is 0 Å². The molecule has 0 spiro atoms. The summed E-state index contributed by atoms with van der Waals surface area (Å²) in [4.78, 5) is 93.4. The molecule has 4 aliphatic heterocycles. The van der Waals surface area contributed by atoms with Crippen molar-refractivity contribution in [3.05, 3.63) is 289 Å². The second-order valence-corrected chi connectivity index (χ2v) is 45.2. The highest BCUT2D eigenvalue weighted by Crippen LogP contribution is 2.50. The van der Waals surface area contributed by atoms with E-state index in [4.69, 9.17) is 19.7 Å². The van der Waals surface area contributed by atoms with Crippen molar-refractivity contribution in [3.63, 3.8) is 0 Å². The third kappa shape index (κ3) is 23.3. The Labute approximate surface area is 872 Å². The van der Waals surface area contributed by atoms with Gasteiger partial charge in [0.25, 0.3) is 5.92 Å². The van der Waals surface area contributed by atoms with E-state index in [0.717, 1.165) is 142 Å². The second-order valence-electron chi connectivity index (χ2n) is 45.2. The fraction of sp³-hybridized carbons (Fsp3) is 0.455. The van der Waals surface area contributed by atoms with Crippen molar-refractivity contribution in [2.45, 2.75) is 285 Å². The SMILES string of the molecule is C=C(C(C)C)N1CC[C@@H](c2cn(C)c3ncc(CC(=O)c4ccc(OC)c(C#N)c4)c(C)c23)CC1(C)C.C=C(C(C)C)N1CC[C@@H](c2cn(C)c3ncc(CC(=O)c4cccc(C#N)c4)c(C)c23)CC1(C)C.C=C(C1CCCC1)N1CC[C@@H](c2cn(C)c3ncc(CC(=O)c4cccc(C#N)c4)c(C)c23)CC1(C)C.Cc1c(CC(=O)c2cccc(C#N)c2)cnc2c1c([C@@H]1CCN(C(=O)C[C@@H](O)C(C)(F)F)C(C)(C)C1)cn2C. The lowest BCUT2D eigenvalue weighted by Gasteiger charge is -2.49. The van der Waals surface area contributed by atoms with E-state index in [9.17, 15) is 58.9 Å². The lowest BCUT2D eigenvalue weighted by atomic mass is 9.77. The number of carbonyl (C=O) groups excluding carboxylic acids is 5. The van der Waals surface area contributed by atoms with Crippen molar-refractivity contribution in [3.8, 4) is 30.0 Å². The van der Waals surface area contributed by atoms with Gasteiger partial charge in [-0.3, -0.25) is 24.0 Å². The number of aliphatic hydroxyl groups is 1. The van der Waals surface area contributed by atoms with Crippen LogP contribution in [0.15, 0.2) is 177 Å². The molecule has 5 aliphatic rings. The number of alkyl halides is 2. The van der Waals surface area contributed by atoms with Gasteiger partial charge in [0.15, 0.2) is 23.1 Å². The van der Waals surface area contributed by atoms with Gasteiger partial charge in [-0.15, -0.1) is 0 Å². The number of pyridine rings is 4. The van der Waals surface area contributed by atoms with Crippen LogP contribution >= 0.6 is 0 Å². The van der Waals surface area contributed by atoms with Gasteiger partial charge in [0.2, 0.25) is 5.91 Å². The predicted molar refractivity (Wildman–Crippen MR) is 581 cm³/mol. The number of ketones is 4. The van der Waals surface area contributed by atoms with Gasteiger partial charge in [0.1, 0.15) is 40.5 Å². The lowest BCUT2D eigenvalue weighted by molar-refractivity contribution is -0.149. The number of ether oxygens (including phenoxy) is 1. The van der Waals surface area contributed by atoms with Crippen molar-refractivity contribution in [2.75, 3.05) is 33.3 Å². The number of amides is 1. The van der Waals surface area contributed by atoms with Crippen molar-refractivity contribution in [1.82, 2.24) is 57.8 Å². The molecule has 12 aromatic rings. The van der Waals surface area contributed by atoms with Crippen LogP contribution in [0.1, 0.15) is 328 Å². The van der Waals surface area contributed by atoms with Gasteiger partial charge < -0.3 is 47.7 Å². The Morgan fingerprint density at radius 2 is 0.730 bits per heavy atom. The number of Topliss-reactive ketones (excluding diaryl/α,β-unsaturated/α-hetero) is 4. The number of halogens is 2. The number of piperidine rings is 4. The Hall–Kier alpha value is -14.0. The van der Waals surface area contributed by atoms with Crippen LogP contribution in [0.4, 0.5) is 8.78 Å². The quantitative estimate of drug-likeness (QED) is 0.0493. The number of hydrogen-bond acceptors (Lipinski definition) is 18. The molecule has 17 rings (SSSR count). The van der Waals surface area contributed by atoms with Gasteiger partial charge in [-0.25, -0.2) is 28.7 Å². The third-order valence-electron chi connectivity index (χ3n) is 32.4. The first-order valence-corrected chi connectivity index (χ1v) is 52.1. The maximum absolute atomic E-state index is 13.5. The number of nitrogens with zero attached hydrogens (tertiary/aromatic N) is 16. The Morgan fingerprint density at radius 1 is 0.439 bits per heavy atom. The molecule has 1 saturated carbocycles. The first-order valence-electron chi connectivity index (χ1n) is 52.1. The molecule has 0 unspecified atom stereocenters. The van der Waals surface area contributed by atoms with Crippen LogP contribution in [0.3, 0.4) is 0 Å². The number of allylic oxidation sites excluding steroid dienone is 3. The van der Waals surface area contributed by atoms with E-state index in [1.165, 1.54) is 77.3 Å². The van der Waals surface area contributed by atoms with Gasteiger partial charge in [-0.2, -0.15) is 21.0 Å². The number of benzene rings is 4. The minimum atomic E-state index is -3.34. The molecule has 8 aromatic heterocycles. The number of likely N-dealkylation sites (tertiary alicyclic amines) is 4. The maximum atomic E-state index is 13.5. The molecule has 774 valence electrons. The number of methoxy groups -OCH3 is 1. The van der Waals surface area contributed by atoms with E-state index in [1.54, 1.807) is 102 Å². The summed E-state index contributed by atoms with van der Waals surface area (Å²) in [6.45, 7) is 52.3. The van der Waals surface area contributed by atoms with Gasteiger partial charge in [0, 0.05) is 220 Å². The number of aliphatic hydroxyl groups excluding tert-OH is 1. The summed E-state index contributed by atoms with van der Waals surface area (Å²) >= 11 is 0. The number of hydrogen-bond donors (Lipinski definition) is 1. The minimum absolute atomic E-state index is 0.00507. The number of fused-ring (bicyclic) bond motifs is 4. The molecule has 0 bridgehead atoms. The molecule has 5 fully saturated rings. The minimum Gasteiger partial charge on any atom is -0.495 e. The maximum Gasteiger partial charge on any atom is 0.271 e. The average molecular weight is 2000 g/mol. The Kier molecular flexibility index (Phi) is 33.0. The summed E-state index contributed by atoms with van der Waals surface area (Å²) in [5, 5.41) is 51.3.